The maximum atomic E-state index is 14.2. The fourth-order valence-corrected chi connectivity index (χ4v) is 4.02. The molecular weight excluding hydrogens is 371 g/mol. The van der Waals surface area contributed by atoms with E-state index in [0.717, 1.165) is 42.6 Å². The van der Waals surface area contributed by atoms with E-state index >= 15 is 0 Å². The van der Waals surface area contributed by atoms with Crippen LogP contribution >= 0.6 is 0 Å². The monoisotopic (exact) mass is 400 g/mol. The smallest absolute Gasteiger partial charge is 0.306 e. The lowest BCUT2D eigenvalue weighted by Gasteiger charge is -2.29. The van der Waals surface area contributed by atoms with E-state index in [1.807, 2.05) is 30.3 Å². The van der Waals surface area contributed by atoms with Gasteiger partial charge in [-0.05, 0) is 85.4 Å². The lowest BCUT2D eigenvalue weighted by molar-refractivity contribution is -0.141. The topological polar surface area (TPSA) is 55.8 Å². The van der Waals surface area contributed by atoms with Crippen molar-refractivity contribution >= 4 is 5.97 Å². The number of ether oxygens (including phenoxy) is 2. The maximum Gasteiger partial charge on any atom is 0.306 e. The molecule has 2 aromatic carbocycles. The zero-order valence-corrected chi connectivity index (χ0v) is 17.1. The van der Waals surface area contributed by atoms with Crippen LogP contribution in [0.4, 0.5) is 4.39 Å². The predicted octanol–water partition coefficient (Wildman–Crippen LogP) is 5.45. The maximum absolute atomic E-state index is 14.2. The van der Waals surface area contributed by atoms with Crippen LogP contribution in [0, 0.1) is 17.7 Å². The van der Waals surface area contributed by atoms with Crippen molar-refractivity contribution in [2.24, 2.45) is 11.8 Å². The highest BCUT2D eigenvalue weighted by Crippen LogP contribution is 2.38. The summed E-state index contributed by atoms with van der Waals surface area (Å²) in [6.07, 6.45) is 4.36. The third-order valence-corrected chi connectivity index (χ3v) is 5.84. The fourth-order valence-electron chi connectivity index (χ4n) is 4.02. The Bertz CT molecular complexity index is 827. The van der Waals surface area contributed by atoms with Gasteiger partial charge in [0.05, 0.1) is 19.6 Å². The van der Waals surface area contributed by atoms with Crippen LogP contribution in [0.15, 0.2) is 42.5 Å². The van der Waals surface area contributed by atoms with Crippen molar-refractivity contribution in [3.63, 3.8) is 0 Å². The number of aliphatic carboxylic acids is 1. The van der Waals surface area contributed by atoms with Crippen LogP contribution in [0.1, 0.15) is 49.7 Å². The zero-order valence-electron chi connectivity index (χ0n) is 17.1. The molecule has 156 valence electrons. The van der Waals surface area contributed by atoms with Gasteiger partial charge in [-0.2, -0.15) is 0 Å². The fraction of sp³-hybridized carbons (Fsp3) is 0.458. The minimum atomic E-state index is -0.791. The average Bonchev–Trinajstić information content (AvgIpc) is 2.73. The molecule has 0 aromatic heterocycles. The number of hydrogen-bond donors (Lipinski definition) is 1. The Labute approximate surface area is 171 Å². The van der Waals surface area contributed by atoms with E-state index in [1.165, 1.54) is 6.07 Å². The first kappa shape index (κ1) is 21.2. The van der Waals surface area contributed by atoms with E-state index in [2.05, 4.69) is 0 Å². The highest BCUT2D eigenvalue weighted by molar-refractivity contribution is 5.69. The van der Waals surface area contributed by atoms with Gasteiger partial charge >= 0.3 is 5.97 Å². The highest BCUT2D eigenvalue weighted by atomic mass is 19.1. The quantitative estimate of drug-likeness (QED) is 0.640. The number of benzene rings is 2. The standard InChI is InChI=1S/C24H29FO4/c1-16(24(26)27)12-18-4-3-5-21(13-18)29-15-17-6-8-19(9-7-17)22-14-20(28-2)10-11-23(22)25/h3-5,10-11,13-14,16-17,19H,6-9,12,15H2,1-2H3,(H,26,27). The van der Waals surface area contributed by atoms with Gasteiger partial charge in [0.25, 0.3) is 0 Å². The molecular formula is C24H29FO4. The molecule has 1 atom stereocenters. The lowest BCUT2D eigenvalue weighted by atomic mass is 9.79. The third-order valence-electron chi connectivity index (χ3n) is 5.84. The molecule has 5 heteroatoms. The molecule has 4 nitrogen and oxygen atoms in total. The molecule has 1 fully saturated rings. The predicted molar refractivity (Wildman–Crippen MR) is 110 cm³/mol. The summed E-state index contributed by atoms with van der Waals surface area (Å²) in [4.78, 5) is 11.0. The van der Waals surface area contributed by atoms with E-state index in [-0.39, 0.29) is 11.7 Å². The molecule has 1 N–H and O–H groups in total. The number of halogens is 1. The second-order valence-electron chi connectivity index (χ2n) is 8.01. The van der Waals surface area contributed by atoms with Gasteiger partial charge in [-0.1, -0.05) is 19.1 Å². The van der Waals surface area contributed by atoms with E-state index in [4.69, 9.17) is 14.6 Å². The number of methoxy groups -OCH3 is 1. The minimum Gasteiger partial charge on any atom is -0.497 e. The average molecular weight is 400 g/mol. The first-order valence-electron chi connectivity index (χ1n) is 10.2. The molecule has 1 unspecified atom stereocenters. The molecule has 3 rings (SSSR count). The molecule has 0 spiro atoms. The summed E-state index contributed by atoms with van der Waals surface area (Å²) in [7, 11) is 1.60. The molecule has 0 amide bonds. The van der Waals surface area contributed by atoms with Crippen LogP contribution in [-0.2, 0) is 11.2 Å². The van der Waals surface area contributed by atoms with Gasteiger partial charge in [0.1, 0.15) is 17.3 Å². The van der Waals surface area contributed by atoms with Gasteiger partial charge in [-0.3, -0.25) is 4.79 Å². The second-order valence-corrected chi connectivity index (χ2v) is 8.01. The molecule has 2 aromatic rings. The van der Waals surface area contributed by atoms with Gasteiger partial charge in [0.15, 0.2) is 0 Å². The Kier molecular flexibility index (Phi) is 7.13. The van der Waals surface area contributed by atoms with E-state index in [0.29, 0.717) is 24.7 Å². The van der Waals surface area contributed by atoms with Gasteiger partial charge in [-0.15, -0.1) is 0 Å². The summed E-state index contributed by atoms with van der Waals surface area (Å²) >= 11 is 0. The highest BCUT2D eigenvalue weighted by Gasteiger charge is 2.25. The number of rotatable bonds is 8. The lowest BCUT2D eigenvalue weighted by Crippen LogP contribution is -2.20. The Morgan fingerprint density at radius 1 is 1.14 bits per heavy atom. The van der Waals surface area contributed by atoms with Crippen molar-refractivity contribution in [1.29, 1.82) is 0 Å². The summed E-state index contributed by atoms with van der Waals surface area (Å²) in [5.74, 6) is 0.782. The first-order valence-corrected chi connectivity index (χ1v) is 10.2. The van der Waals surface area contributed by atoms with Crippen LogP contribution in [0.2, 0.25) is 0 Å². The van der Waals surface area contributed by atoms with E-state index in [9.17, 15) is 9.18 Å². The van der Waals surface area contributed by atoms with Gasteiger partial charge in [-0.25, -0.2) is 4.39 Å². The van der Waals surface area contributed by atoms with Crippen LogP contribution in [0.5, 0.6) is 11.5 Å². The molecule has 0 heterocycles. The third kappa shape index (κ3) is 5.72. The molecule has 0 bridgehead atoms. The number of carbonyl (C=O) groups is 1. The zero-order chi connectivity index (χ0) is 20.8. The normalized spacial score (nSPS) is 20.1. The summed E-state index contributed by atoms with van der Waals surface area (Å²) in [6, 6.07) is 12.6. The van der Waals surface area contributed by atoms with Crippen molar-refractivity contribution in [2.45, 2.75) is 44.9 Å². The van der Waals surface area contributed by atoms with Gasteiger partial charge in [0.2, 0.25) is 0 Å². The van der Waals surface area contributed by atoms with Crippen molar-refractivity contribution < 1.29 is 23.8 Å². The van der Waals surface area contributed by atoms with Gasteiger partial charge < -0.3 is 14.6 Å². The first-order chi connectivity index (χ1) is 14.0. The molecule has 29 heavy (non-hydrogen) atoms. The van der Waals surface area contributed by atoms with Crippen LogP contribution in [-0.4, -0.2) is 24.8 Å². The minimum absolute atomic E-state index is 0.155. The molecule has 0 radical (unpaired) electrons. The summed E-state index contributed by atoms with van der Waals surface area (Å²) in [5, 5.41) is 9.07. The Morgan fingerprint density at radius 3 is 2.59 bits per heavy atom. The summed E-state index contributed by atoms with van der Waals surface area (Å²) < 4.78 is 25.4. The Balaban J connectivity index is 1.51. The summed E-state index contributed by atoms with van der Waals surface area (Å²) in [5.41, 5.74) is 1.72. The molecule has 0 saturated heterocycles. The molecule has 1 saturated carbocycles. The van der Waals surface area contributed by atoms with E-state index in [1.54, 1.807) is 20.1 Å². The molecule has 1 aliphatic rings. The second kappa shape index (κ2) is 9.77. The largest absolute Gasteiger partial charge is 0.497 e. The van der Waals surface area contributed by atoms with Gasteiger partial charge in [0, 0.05) is 0 Å². The van der Waals surface area contributed by atoms with Crippen LogP contribution in [0.25, 0.3) is 0 Å². The molecule has 1 aliphatic carbocycles. The van der Waals surface area contributed by atoms with Crippen LogP contribution in [0.3, 0.4) is 0 Å². The Hall–Kier alpha value is -2.56. The summed E-state index contributed by atoms with van der Waals surface area (Å²) in [6.45, 7) is 2.34. The van der Waals surface area contributed by atoms with Crippen molar-refractivity contribution in [2.75, 3.05) is 13.7 Å². The number of hydrogen-bond acceptors (Lipinski definition) is 3. The van der Waals surface area contributed by atoms with Crippen LogP contribution < -0.4 is 9.47 Å². The van der Waals surface area contributed by atoms with Crippen molar-refractivity contribution in [1.82, 2.24) is 0 Å². The van der Waals surface area contributed by atoms with E-state index < -0.39 is 11.9 Å². The van der Waals surface area contributed by atoms with Crippen molar-refractivity contribution in [3.05, 3.63) is 59.4 Å². The SMILES string of the molecule is COc1ccc(F)c(C2CCC(COc3cccc(CC(C)C(=O)O)c3)CC2)c1. The molecule has 0 aliphatic heterocycles. The Morgan fingerprint density at radius 2 is 1.90 bits per heavy atom. The number of carboxylic acids is 1. The number of carboxylic acid groups (broad SMARTS) is 1. The van der Waals surface area contributed by atoms with Crippen molar-refractivity contribution in [3.8, 4) is 11.5 Å².